The van der Waals surface area contributed by atoms with Gasteiger partial charge >= 0.3 is 0 Å². The van der Waals surface area contributed by atoms with Gasteiger partial charge in [0, 0.05) is 50.4 Å². The van der Waals surface area contributed by atoms with Crippen LogP contribution in [-0.2, 0) is 31.1 Å². The van der Waals surface area contributed by atoms with Crippen LogP contribution in [0.4, 0.5) is 0 Å². The molecule has 242 valence electrons. The smallest absolute Gasteiger partial charge is 0.154 e. The van der Waals surface area contributed by atoms with Crippen LogP contribution in [0.2, 0.25) is 0 Å². The number of rotatable bonds is 9. The molecule has 0 saturated carbocycles. The van der Waals surface area contributed by atoms with Crippen molar-refractivity contribution in [2.45, 2.75) is 99.8 Å². The Hall–Kier alpha value is -3.34. The van der Waals surface area contributed by atoms with Gasteiger partial charge in [-0.1, -0.05) is 115 Å². The fraction of sp³-hybridized carbons (Fsp3) is 0.538. The standard InChI is InChI=1S/C17H27N3O.C9H12.C8H8O.C5H12/c1-5-14(3)16(21)12-20-11-13(2)10-15(20)6-7-17-18-8-9-19(17)4;1-3-9-6-4-5-8(2)7-9;1-2-4-8-7(3-1)5-6-9-8;1-3-5-4-2/h6,8-9,13-14H,5,7,10-12H2,1-4H3;4-7H,3H2,1-2H3;1-4H,5-6H2;3-5H2,1-2H3/b15-6+;;;. The van der Waals surface area contributed by atoms with Gasteiger partial charge in [0.15, 0.2) is 5.78 Å². The van der Waals surface area contributed by atoms with Crippen molar-refractivity contribution in [2.24, 2.45) is 18.9 Å². The van der Waals surface area contributed by atoms with E-state index in [4.69, 9.17) is 4.74 Å². The maximum atomic E-state index is 12.2. The number of Topliss-reactive ketones (excluding diaryl/α,β-unsaturated/α-hetero) is 1. The number of carbonyl (C=O) groups excluding carboxylic acids is 1. The normalized spacial score (nSPS) is 16.4. The summed E-state index contributed by atoms with van der Waals surface area (Å²) in [6, 6.07) is 16.8. The number of carbonyl (C=O) groups is 1. The summed E-state index contributed by atoms with van der Waals surface area (Å²) in [5.41, 5.74) is 5.43. The van der Waals surface area contributed by atoms with Crippen molar-refractivity contribution < 1.29 is 9.53 Å². The van der Waals surface area contributed by atoms with E-state index in [0.29, 0.717) is 18.2 Å². The highest BCUT2D eigenvalue weighted by Gasteiger charge is 2.26. The summed E-state index contributed by atoms with van der Waals surface area (Å²) in [6.45, 7) is 17.5. The molecule has 0 aliphatic carbocycles. The molecule has 5 nitrogen and oxygen atoms in total. The maximum absolute atomic E-state index is 12.2. The first-order valence-electron chi connectivity index (χ1n) is 16.9. The number of fused-ring (bicyclic) bond motifs is 1. The van der Waals surface area contributed by atoms with E-state index < -0.39 is 0 Å². The van der Waals surface area contributed by atoms with Crippen molar-refractivity contribution in [3.63, 3.8) is 0 Å². The number of ether oxygens (including phenoxy) is 1. The lowest BCUT2D eigenvalue weighted by atomic mass is 10.0. The summed E-state index contributed by atoms with van der Waals surface area (Å²) in [6.07, 6.45) is 15.2. The van der Waals surface area contributed by atoms with Gasteiger partial charge in [0.25, 0.3) is 0 Å². The lowest BCUT2D eigenvalue weighted by molar-refractivity contribution is -0.123. The molecule has 0 spiro atoms. The fourth-order valence-corrected chi connectivity index (χ4v) is 5.20. The van der Waals surface area contributed by atoms with Crippen LogP contribution in [0.3, 0.4) is 0 Å². The quantitative estimate of drug-likeness (QED) is 0.245. The summed E-state index contributed by atoms with van der Waals surface area (Å²) in [7, 11) is 2.02. The van der Waals surface area contributed by atoms with Crippen molar-refractivity contribution in [2.75, 3.05) is 19.7 Å². The Morgan fingerprint density at radius 3 is 2.41 bits per heavy atom. The van der Waals surface area contributed by atoms with Gasteiger partial charge in [-0.05, 0) is 49.3 Å². The van der Waals surface area contributed by atoms with Crippen LogP contribution in [0.25, 0.3) is 0 Å². The van der Waals surface area contributed by atoms with Crippen molar-refractivity contribution in [1.29, 1.82) is 0 Å². The first-order valence-corrected chi connectivity index (χ1v) is 16.9. The first-order chi connectivity index (χ1) is 21.2. The van der Waals surface area contributed by atoms with Gasteiger partial charge in [-0.2, -0.15) is 0 Å². The zero-order chi connectivity index (χ0) is 32.3. The number of ketones is 1. The van der Waals surface area contributed by atoms with E-state index in [-0.39, 0.29) is 5.92 Å². The molecule has 2 aromatic carbocycles. The number of nitrogens with zero attached hydrogens (tertiary/aromatic N) is 3. The van der Waals surface area contributed by atoms with Crippen molar-refractivity contribution in [3.05, 3.63) is 95.2 Å². The third kappa shape index (κ3) is 13.1. The third-order valence-corrected chi connectivity index (χ3v) is 8.25. The Morgan fingerprint density at radius 1 is 1.09 bits per heavy atom. The molecular formula is C39H59N3O2. The molecule has 44 heavy (non-hydrogen) atoms. The molecule has 5 rings (SSSR count). The third-order valence-electron chi connectivity index (χ3n) is 8.25. The number of para-hydroxylation sites is 1. The molecule has 2 unspecified atom stereocenters. The molecule has 2 aliphatic rings. The van der Waals surface area contributed by atoms with Gasteiger partial charge in [0.1, 0.15) is 11.6 Å². The lowest BCUT2D eigenvalue weighted by Gasteiger charge is -2.21. The predicted molar refractivity (Wildman–Crippen MR) is 186 cm³/mol. The number of hydrogen-bond acceptors (Lipinski definition) is 4. The zero-order valence-corrected chi connectivity index (χ0v) is 28.9. The molecule has 0 N–H and O–H groups in total. The second-order valence-corrected chi connectivity index (χ2v) is 12.2. The minimum absolute atomic E-state index is 0.164. The largest absolute Gasteiger partial charge is 0.493 e. The van der Waals surface area contributed by atoms with Crippen LogP contribution in [0.15, 0.2) is 72.7 Å². The highest BCUT2D eigenvalue weighted by Crippen LogP contribution is 2.27. The van der Waals surface area contributed by atoms with Crippen LogP contribution >= 0.6 is 0 Å². The van der Waals surface area contributed by atoms with Gasteiger partial charge in [-0.3, -0.25) is 4.79 Å². The Labute approximate surface area is 268 Å². The van der Waals surface area contributed by atoms with Crippen LogP contribution in [-0.4, -0.2) is 39.9 Å². The number of aryl methyl sites for hydroxylation is 3. The van der Waals surface area contributed by atoms with Crippen molar-refractivity contribution in [1.82, 2.24) is 14.5 Å². The van der Waals surface area contributed by atoms with Crippen molar-refractivity contribution in [3.8, 4) is 5.75 Å². The Balaban J connectivity index is 0.000000240. The summed E-state index contributed by atoms with van der Waals surface area (Å²) < 4.78 is 7.34. The van der Waals surface area contributed by atoms with Gasteiger partial charge in [-0.25, -0.2) is 4.98 Å². The van der Waals surface area contributed by atoms with E-state index in [9.17, 15) is 4.79 Å². The van der Waals surface area contributed by atoms with E-state index in [0.717, 1.165) is 56.8 Å². The Kier molecular flexibility index (Phi) is 17.2. The van der Waals surface area contributed by atoms with Crippen LogP contribution < -0.4 is 4.74 Å². The van der Waals surface area contributed by atoms with Crippen LogP contribution in [0.5, 0.6) is 5.75 Å². The molecule has 5 heteroatoms. The first kappa shape index (κ1) is 36.8. The highest BCUT2D eigenvalue weighted by molar-refractivity contribution is 5.82. The summed E-state index contributed by atoms with van der Waals surface area (Å²) in [4.78, 5) is 18.8. The second-order valence-electron chi connectivity index (χ2n) is 12.2. The van der Waals surface area contributed by atoms with E-state index in [2.05, 4.69) is 87.8 Å². The molecule has 2 aliphatic heterocycles. The highest BCUT2D eigenvalue weighted by atomic mass is 16.5. The SMILES string of the molecule is CCC(C)C(=O)CN1CC(C)C/C1=C\Cc1nccn1C.CCCCC.CCc1cccc(C)c1.c1ccc2c(c1)CCO2. The number of allylic oxidation sites excluding steroid dienone is 2. The maximum Gasteiger partial charge on any atom is 0.154 e. The Morgan fingerprint density at radius 2 is 1.84 bits per heavy atom. The zero-order valence-electron chi connectivity index (χ0n) is 28.9. The molecule has 0 radical (unpaired) electrons. The van der Waals surface area contributed by atoms with Gasteiger partial charge in [0.2, 0.25) is 0 Å². The average molecular weight is 602 g/mol. The van der Waals surface area contributed by atoms with Crippen molar-refractivity contribution >= 4 is 5.78 Å². The molecule has 0 amide bonds. The van der Waals surface area contributed by atoms with Gasteiger partial charge in [-0.15, -0.1) is 0 Å². The monoisotopic (exact) mass is 601 g/mol. The van der Waals surface area contributed by atoms with Crippen LogP contribution in [0.1, 0.15) is 96.2 Å². The molecule has 3 aromatic rings. The molecular weight excluding hydrogens is 542 g/mol. The average Bonchev–Trinajstić information content (AvgIpc) is 3.76. The predicted octanol–water partition coefficient (Wildman–Crippen LogP) is 9.18. The number of likely N-dealkylation sites (tertiary alicyclic amines) is 1. The number of imidazole rings is 1. The molecule has 1 aromatic heterocycles. The molecule has 1 fully saturated rings. The second kappa shape index (κ2) is 20.6. The molecule has 2 atom stereocenters. The van der Waals surface area contributed by atoms with Gasteiger partial charge in [0.05, 0.1) is 13.2 Å². The molecule has 1 saturated heterocycles. The number of hydrogen-bond donors (Lipinski definition) is 0. The van der Waals surface area contributed by atoms with Gasteiger partial charge < -0.3 is 14.2 Å². The summed E-state index contributed by atoms with van der Waals surface area (Å²) in [5, 5.41) is 0. The van der Waals surface area contributed by atoms with E-state index in [1.54, 1.807) is 0 Å². The number of benzene rings is 2. The fourth-order valence-electron chi connectivity index (χ4n) is 5.20. The number of unbranched alkanes of at least 4 members (excludes halogenated alkanes) is 2. The van der Waals surface area contributed by atoms with E-state index in [1.807, 2.05) is 49.1 Å². The van der Waals surface area contributed by atoms with E-state index >= 15 is 0 Å². The minimum Gasteiger partial charge on any atom is -0.493 e. The lowest BCUT2D eigenvalue weighted by Crippen LogP contribution is -2.29. The van der Waals surface area contributed by atoms with Crippen LogP contribution in [0, 0.1) is 18.8 Å². The summed E-state index contributed by atoms with van der Waals surface area (Å²) >= 11 is 0. The Bertz CT molecular complexity index is 1240. The molecule has 3 heterocycles. The number of aromatic nitrogens is 2. The minimum atomic E-state index is 0.164. The topological polar surface area (TPSA) is 47.4 Å². The molecule has 0 bridgehead atoms. The summed E-state index contributed by atoms with van der Waals surface area (Å²) in [5.74, 6) is 3.28. The van der Waals surface area contributed by atoms with E-state index in [1.165, 1.54) is 41.6 Å².